The summed E-state index contributed by atoms with van der Waals surface area (Å²) in [6.07, 6.45) is 0. The largest absolute Gasteiger partial charge is 0.366 e. The van der Waals surface area contributed by atoms with Gasteiger partial charge in [-0.1, -0.05) is 41.4 Å². The molecule has 5 heteroatoms. The van der Waals surface area contributed by atoms with Gasteiger partial charge in [-0.15, -0.1) is 0 Å². The summed E-state index contributed by atoms with van der Waals surface area (Å²) >= 11 is 6.07. The van der Waals surface area contributed by atoms with Crippen LogP contribution in [0.15, 0.2) is 54.6 Å². The van der Waals surface area contributed by atoms with E-state index in [-0.39, 0.29) is 5.82 Å². The third-order valence-corrected chi connectivity index (χ3v) is 3.55. The summed E-state index contributed by atoms with van der Waals surface area (Å²) in [6, 6.07) is 15.9. The number of hydrogen-bond acceptors (Lipinski definition) is 3. The molecule has 0 saturated heterocycles. The van der Waals surface area contributed by atoms with E-state index in [2.05, 4.69) is 34.3 Å². The predicted molar refractivity (Wildman–Crippen MR) is 90.9 cm³/mol. The molecule has 0 bridgehead atoms. The van der Waals surface area contributed by atoms with Gasteiger partial charge in [-0.2, -0.15) is 0 Å². The number of benzene rings is 2. The minimum atomic E-state index is -0.298. The summed E-state index contributed by atoms with van der Waals surface area (Å²) in [5, 5.41) is 3.58. The van der Waals surface area contributed by atoms with Crippen molar-refractivity contribution in [3.05, 3.63) is 76.7 Å². The number of anilines is 1. The molecule has 0 aliphatic heterocycles. The van der Waals surface area contributed by atoms with Gasteiger partial charge < -0.3 is 5.32 Å². The van der Waals surface area contributed by atoms with Gasteiger partial charge in [-0.3, -0.25) is 0 Å². The quantitative estimate of drug-likeness (QED) is 0.696. The molecule has 3 nitrogen and oxygen atoms in total. The Morgan fingerprint density at radius 1 is 1.04 bits per heavy atom. The lowest BCUT2D eigenvalue weighted by molar-refractivity contribution is 0.628. The molecule has 0 spiro atoms. The third-order valence-electron chi connectivity index (χ3n) is 3.35. The standard InChI is InChI=1S/C18H15ClFN3/c1-12-3-2-4-13(9-12)11-21-17-10-16(19)22-18(23-17)14-5-7-15(20)8-6-14/h2-10H,11H2,1H3,(H,21,22,23). The van der Waals surface area contributed by atoms with Crippen molar-refractivity contribution in [2.45, 2.75) is 13.5 Å². The van der Waals surface area contributed by atoms with Crippen molar-refractivity contribution in [2.24, 2.45) is 0 Å². The van der Waals surface area contributed by atoms with Crippen LogP contribution in [0.25, 0.3) is 11.4 Å². The molecule has 1 heterocycles. The zero-order valence-electron chi connectivity index (χ0n) is 12.6. The van der Waals surface area contributed by atoms with E-state index in [1.807, 2.05) is 12.1 Å². The first-order valence-electron chi connectivity index (χ1n) is 7.20. The molecule has 3 rings (SSSR count). The topological polar surface area (TPSA) is 37.8 Å². The molecule has 0 unspecified atom stereocenters. The van der Waals surface area contributed by atoms with E-state index in [4.69, 9.17) is 11.6 Å². The molecule has 0 fully saturated rings. The number of rotatable bonds is 4. The average Bonchev–Trinajstić information content (AvgIpc) is 2.53. The fraction of sp³-hybridized carbons (Fsp3) is 0.111. The van der Waals surface area contributed by atoms with E-state index >= 15 is 0 Å². The maximum Gasteiger partial charge on any atom is 0.163 e. The van der Waals surface area contributed by atoms with Gasteiger partial charge in [0.2, 0.25) is 0 Å². The molecule has 23 heavy (non-hydrogen) atoms. The lowest BCUT2D eigenvalue weighted by Gasteiger charge is -2.09. The highest BCUT2D eigenvalue weighted by Gasteiger charge is 2.06. The van der Waals surface area contributed by atoms with Crippen LogP contribution >= 0.6 is 11.6 Å². The molecule has 0 aliphatic rings. The molecular weight excluding hydrogens is 313 g/mol. The van der Waals surface area contributed by atoms with Gasteiger partial charge in [0.05, 0.1) is 0 Å². The average molecular weight is 328 g/mol. The molecule has 2 aromatic carbocycles. The predicted octanol–water partition coefficient (Wildman–Crippen LogP) is 4.86. The van der Waals surface area contributed by atoms with Crippen LogP contribution in [0, 0.1) is 12.7 Å². The summed E-state index contributed by atoms with van der Waals surface area (Å²) in [4.78, 5) is 8.64. The third kappa shape index (κ3) is 4.05. The first kappa shape index (κ1) is 15.4. The zero-order valence-corrected chi connectivity index (χ0v) is 13.3. The second kappa shape index (κ2) is 6.75. The number of nitrogens with one attached hydrogen (secondary N) is 1. The highest BCUT2D eigenvalue weighted by Crippen LogP contribution is 2.21. The molecular formula is C18H15ClFN3. The van der Waals surface area contributed by atoms with Crippen LogP contribution in [0.5, 0.6) is 0 Å². The van der Waals surface area contributed by atoms with Crippen molar-refractivity contribution in [3.63, 3.8) is 0 Å². The SMILES string of the molecule is Cc1cccc(CNc2cc(Cl)nc(-c3ccc(F)cc3)n2)c1. The van der Waals surface area contributed by atoms with Gasteiger partial charge in [-0.05, 0) is 36.8 Å². The molecule has 0 aliphatic carbocycles. The number of aromatic nitrogens is 2. The van der Waals surface area contributed by atoms with Crippen LogP contribution in [0.4, 0.5) is 10.2 Å². The summed E-state index contributed by atoms with van der Waals surface area (Å²) < 4.78 is 13.0. The molecule has 0 atom stereocenters. The molecule has 0 radical (unpaired) electrons. The zero-order chi connectivity index (χ0) is 16.2. The van der Waals surface area contributed by atoms with Crippen LogP contribution in [0.3, 0.4) is 0 Å². The number of halogens is 2. The minimum Gasteiger partial charge on any atom is -0.366 e. The van der Waals surface area contributed by atoms with E-state index in [0.29, 0.717) is 28.9 Å². The molecule has 0 amide bonds. The van der Waals surface area contributed by atoms with Crippen molar-refractivity contribution >= 4 is 17.4 Å². The lowest BCUT2D eigenvalue weighted by atomic mass is 10.1. The van der Waals surface area contributed by atoms with E-state index in [0.717, 1.165) is 5.56 Å². The monoisotopic (exact) mass is 327 g/mol. The highest BCUT2D eigenvalue weighted by atomic mass is 35.5. The molecule has 116 valence electrons. The Hall–Kier alpha value is -2.46. The Morgan fingerprint density at radius 2 is 1.83 bits per heavy atom. The van der Waals surface area contributed by atoms with Gasteiger partial charge >= 0.3 is 0 Å². The van der Waals surface area contributed by atoms with E-state index < -0.39 is 0 Å². The second-order valence-corrected chi connectivity index (χ2v) is 5.64. The fourth-order valence-electron chi connectivity index (χ4n) is 2.25. The van der Waals surface area contributed by atoms with Crippen LogP contribution in [0.1, 0.15) is 11.1 Å². The molecule has 1 aromatic heterocycles. The van der Waals surface area contributed by atoms with Crippen LogP contribution < -0.4 is 5.32 Å². The second-order valence-electron chi connectivity index (χ2n) is 5.25. The normalized spacial score (nSPS) is 10.6. The Kier molecular flexibility index (Phi) is 4.53. The van der Waals surface area contributed by atoms with Crippen molar-refractivity contribution in [3.8, 4) is 11.4 Å². The number of hydrogen-bond donors (Lipinski definition) is 1. The van der Waals surface area contributed by atoms with E-state index in [1.165, 1.54) is 17.7 Å². The van der Waals surface area contributed by atoms with Gasteiger partial charge in [0.15, 0.2) is 5.82 Å². The summed E-state index contributed by atoms with van der Waals surface area (Å²) in [6.45, 7) is 2.69. The maximum atomic E-state index is 13.0. The van der Waals surface area contributed by atoms with Crippen molar-refractivity contribution < 1.29 is 4.39 Å². The summed E-state index contributed by atoms with van der Waals surface area (Å²) in [7, 11) is 0. The Bertz CT molecular complexity index is 819. The highest BCUT2D eigenvalue weighted by molar-refractivity contribution is 6.29. The van der Waals surface area contributed by atoms with Crippen molar-refractivity contribution in [1.82, 2.24) is 9.97 Å². The smallest absolute Gasteiger partial charge is 0.163 e. The Balaban J connectivity index is 1.81. The molecule has 1 N–H and O–H groups in total. The van der Waals surface area contributed by atoms with E-state index in [1.54, 1.807) is 18.2 Å². The van der Waals surface area contributed by atoms with Crippen molar-refractivity contribution in [2.75, 3.05) is 5.32 Å². The van der Waals surface area contributed by atoms with Crippen LogP contribution in [0.2, 0.25) is 5.15 Å². The number of nitrogens with zero attached hydrogens (tertiary/aromatic N) is 2. The molecule has 0 saturated carbocycles. The van der Waals surface area contributed by atoms with Crippen LogP contribution in [-0.4, -0.2) is 9.97 Å². The first-order valence-corrected chi connectivity index (χ1v) is 7.58. The summed E-state index contributed by atoms with van der Waals surface area (Å²) in [5.41, 5.74) is 3.08. The number of aryl methyl sites for hydroxylation is 1. The minimum absolute atomic E-state index is 0.298. The van der Waals surface area contributed by atoms with Gasteiger partial charge in [0, 0.05) is 18.2 Å². The Morgan fingerprint density at radius 3 is 2.57 bits per heavy atom. The van der Waals surface area contributed by atoms with Gasteiger partial charge in [0.25, 0.3) is 0 Å². The first-order chi connectivity index (χ1) is 11.1. The Labute approximate surface area is 139 Å². The lowest BCUT2D eigenvalue weighted by Crippen LogP contribution is -2.03. The van der Waals surface area contributed by atoms with Crippen molar-refractivity contribution in [1.29, 1.82) is 0 Å². The fourth-order valence-corrected chi connectivity index (χ4v) is 2.43. The molecule has 3 aromatic rings. The summed E-state index contributed by atoms with van der Waals surface area (Å²) in [5.74, 6) is 0.795. The van der Waals surface area contributed by atoms with E-state index in [9.17, 15) is 4.39 Å². The van der Waals surface area contributed by atoms with Crippen LogP contribution in [-0.2, 0) is 6.54 Å². The van der Waals surface area contributed by atoms with Gasteiger partial charge in [0.1, 0.15) is 16.8 Å². The van der Waals surface area contributed by atoms with Gasteiger partial charge in [-0.25, -0.2) is 14.4 Å². The maximum absolute atomic E-state index is 13.0.